The molecule has 0 N–H and O–H groups in total. The first-order valence-corrected chi connectivity index (χ1v) is 4.62. The molecule has 0 bridgehead atoms. The molecular formula is C9H5Cl2N3O. The maximum absolute atomic E-state index is 10.8. The highest BCUT2D eigenvalue weighted by molar-refractivity contribution is 6.42. The van der Waals surface area contributed by atoms with E-state index in [2.05, 4.69) is 10.0 Å². The van der Waals surface area contributed by atoms with Crippen molar-refractivity contribution < 1.29 is 4.79 Å². The van der Waals surface area contributed by atoms with Crippen molar-refractivity contribution in [2.24, 2.45) is 5.11 Å². The van der Waals surface area contributed by atoms with E-state index in [1.54, 1.807) is 18.2 Å². The average molecular weight is 242 g/mol. The Bertz CT molecular complexity index is 464. The molecule has 1 rings (SSSR count). The fourth-order valence-electron chi connectivity index (χ4n) is 0.888. The van der Waals surface area contributed by atoms with E-state index in [-0.39, 0.29) is 0 Å². The van der Waals surface area contributed by atoms with E-state index >= 15 is 0 Å². The van der Waals surface area contributed by atoms with Crippen molar-refractivity contribution in [3.8, 4) is 0 Å². The van der Waals surface area contributed by atoms with Gasteiger partial charge < -0.3 is 0 Å². The predicted octanol–water partition coefficient (Wildman–Crippen LogP) is 3.84. The molecule has 6 heteroatoms. The molecule has 4 nitrogen and oxygen atoms in total. The molecule has 1 aromatic carbocycles. The van der Waals surface area contributed by atoms with E-state index in [0.29, 0.717) is 15.6 Å². The Morgan fingerprint density at radius 1 is 1.47 bits per heavy atom. The van der Waals surface area contributed by atoms with Crippen LogP contribution in [0.15, 0.2) is 29.4 Å². The number of azide groups is 1. The number of benzene rings is 1. The molecule has 1 aromatic rings. The van der Waals surface area contributed by atoms with Crippen LogP contribution in [0.2, 0.25) is 10.0 Å². The van der Waals surface area contributed by atoms with Crippen molar-refractivity contribution >= 4 is 35.2 Å². The molecule has 0 aliphatic carbocycles. The first-order valence-electron chi connectivity index (χ1n) is 3.86. The third-order valence-electron chi connectivity index (χ3n) is 1.53. The van der Waals surface area contributed by atoms with Gasteiger partial charge >= 0.3 is 0 Å². The van der Waals surface area contributed by atoms with Crippen LogP contribution < -0.4 is 0 Å². The summed E-state index contributed by atoms with van der Waals surface area (Å²) in [4.78, 5) is 13.2. The zero-order chi connectivity index (χ0) is 11.3. The van der Waals surface area contributed by atoms with Gasteiger partial charge in [-0.3, -0.25) is 4.79 Å². The summed E-state index contributed by atoms with van der Waals surface area (Å²) in [6, 6.07) is 5.02. The summed E-state index contributed by atoms with van der Waals surface area (Å²) in [5.41, 5.74) is 8.58. The van der Waals surface area contributed by atoms with Gasteiger partial charge in [-0.2, -0.15) is 0 Å². The zero-order valence-electron chi connectivity index (χ0n) is 7.39. The first-order chi connectivity index (χ1) is 7.15. The van der Waals surface area contributed by atoms with E-state index in [4.69, 9.17) is 28.7 Å². The number of hydrogen-bond acceptors (Lipinski definition) is 1. The molecule has 0 unspecified atom stereocenters. The highest BCUT2D eigenvalue weighted by atomic mass is 35.5. The maximum atomic E-state index is 10.8. The number of amides is 1. The second-order valence-corrected chi connectivity index (χ2v) is 3.29. The van der Waals surface area contributed by atoms with Crippen LogP contribution in [0.5, 0.6) is 0 Å². The molecule has 0 radical (unpaired) electrons. The van der Waals surface area contributed by atoms with Crippen LogP contribution in [0, 0.1) is 0 Å². The minimum absolute atomic E-state index is 0.351. The zero-order valence-corrected chi connectivity index (χ0v) is 8.90. The Morgan fingerprint density at radius 2 is 2.20 bits per heavy atom. The van der Waals surface area contributed by atoms with Crippen molar-refractivity contribution in [2.75, 3.05) is 0 Å². The fraction of sp³-hybridized carbons (Fsp3) is 0. The van der Waals surface area contributed by atoms with Crippen LogP contribution >= 0.6 is 23.2 Å². The lowest BCUT2D eigenvalue weighted by molar-refractivity contribution is -0.113. The molecule has 15 heavy (non-hydrogen) atoms. The summed E-state index contributed by atoms with van der Waals surface area (Å²) in [5.74, 6) is -0.687. The molecule has 0 saturated heterocycles. The van der Waals surface area contributed by atoms with E-state index in [1.807, 2.05) is 0 Å². The number of carbonyl (C=O) groups excluding carboxylic acids is 1. The molecule has 1 amide bonds. The fourth-order valence-corrected chi connectivity index (χ4v) is 1.26. The Kier molecular flexibility index (Phi) is 4.18. The van der Waals surface area contributed by atoms with Crippen LogP contribution in [0.25, 0.3) is 16.5 Å². The molecule has 0 heterocycles. The molecule has 0 spiro atoms. The Hall–Kier alpha value is -1.48. The molecule has 0 saturated carbocycles. The predicted molar refractivity (Wildman–Crippen MR) is 59.6 cm³/mol. The van der Waals surface area contributed by atoms with E-state index in [0.717, 1.165) is 6.08 Å². The van der Waals surface area contributed by atoms with Gasteiger partial charge in [0.25, 0.3) is 0 Å². The lowest BCUT2D eigenvalue weighted by Crippen LogP contribution is -1.83. The van der Waals surface area contributed by atoms with Gasteiger partial charge in [-0.05, 0) is 34.4 Å². The first kappa shape index (κ1) is 11.6. The van der Waals surface area contributed by atoms with Crippen LogP contribution in [-0.4, -0.2) is 5.91 Å². The molecule has 76 valence electrons. The normalized spacial score (nSPS) is 10.0. The number of carbonyl (C=O) groups is 1. The second-order valence-electron chi connectivity index (χ2n) is 2.50. The smallest absolute Gasteiger partial charge is 0.242 e. The highest BCUT2D eigenvalue weighted by Crippen LogP contribution is 2.26. The SMILES string of the molecule is [N-]=[N+]=NC(=O)/C=C/c1cccc(Cl)c1Cl. The Morgan fingerprint density at radius 3 is 2.87 bits per heavy atom. The summed E-state index contributed by atoms with van der Waals surface area (Å²) in [5, 5.41) is 3.62. The van der Waals surface area contributed by atoms with Gasteiger partial charge in [-0.25, -0.2) is 0 Å². The molecule has 0 aliphatic heterocycles. The maximum Gasteiger partial charge on any atom is 0.242 e. The van der Waals surface area contributed by atoms with Gasteiger partial charge in [0.05, 0.1) is 10.0 Å². The van der Waals surface area contributed by atoms with Crippen molar-refractivity contribution in [2.45, 2.75) is 0 Å². The van der Waals surface area contributed by atoms with Crippen molar-refractivity contribution in [3.05, 3.63) is 50.3 Å². The number of halogens is 2. The van der Waals surface area contributed by atoms with Crippen LogP contribution in [0.3, 0.4) is 0 Å². The molecule has 0 fully saturated rings. The summed E-state index contributed by atoms with van der Waals surface area (Å²) in [6.45, 7) is 0. The topological polar surface area (TPSA) is 65.8 Å². The summed E-state index contributed by atoms with van der Waals surface area (Å²) < 4.78 is 0. The largest absolute Gasteiger partial charge is 0.288 e. The van der Waals surface area contributed by atoms with Gasteiger partial charge in [0, 0.05) is 4.91 Å². The number of hydrogen-bond donors (Lipinski definition) is 0. The van der Waals surface area contributed by atoms with E-state index in [9.17, 15) is 4.79 Å². The molecular weight excluding hydrogens is 237 g/mol. The minimum atomic E-state index is -0.687. The van der Waals surface area contributed by atoms with Gasteiger partial charge in [-0.1, -0.05) is 35.3 Å². The lowest BCUT2D eigenvalue weighted by Gasteiger charge is -1.98. The summed E-state index contributed by atoms with van der Waals surface area (Å²) >= 11 is 11.6. The average Bonchev–Trinajstić information content (AvgIpc) is 2.21. The number of nitrogens with zero attached hydrogens (tertiary/aromatic N) is 3. The third kappa shape index (κ3) is 3.29. The Balaban J connectivity index is 2.94. The van der Waals surface area contributed by atoms with Crippen LogP contribution in [0.1, 0.15) is 5.56 Å². The highest BCUT2D eigenvalue weighted by Gasteiger charge is 2.00. The standard InChI is InChI=1S/C9H5Cl2N3O/c10-7-3-1-2-6(9(7)11)4-5-8(15)13-14-12/h1-5H/b5-4+. The molecule has 0 atom stereocenters. The monoisotopic (exact) mass is 241 g/mol. The summed E-state index contributed by atoms with van der Waals surface area (Å²) in [7, 11) is 0. The van der Waals surface area contributed by atoms with Crippen LogP contribution in [-0.2, 0) is 4.79 Å². The van der Waals surface area contributed by atoms with Gasteiger partial charge in [0.2, 0.25) is 5.91 Å². The van der Waals surface area contributed by atoms with Crippen LogP contribution in [0.4, 0.5) is 0 Å². The third-order valence-corrected chi connectivity index (χ3v) is 2.36. The van der Waals surface area contributed by atoms with E-state index in [1.165, 1.54) is 6.08 Å². The van der Waals surface area contributed by atoms with Gasteiger partial charge in [-0.15, -0.1) is 0 Å². The van der Waals surface area contributed by atoms with Gasteiger partial charge in [0.1, 0.15) is 0 Å². The van der Waals surface area contributed by atoms with Crippen molar-refractivity contribution in [1.82, 2.24) is 0 Å². The van der Waals surface area contributed by atoms with Gasteiger partial charge in [0.15, 0.2) is 0 Å². The van der Waals surface area contributed by atoms with Crippen molar-refractivity contribution in [3.63, 3.8) is 0 Å². The Labute approximate surface area is 95.7 Å². The minimum Gasteiger partial charge on any atom is -0.288 e. The van der Waals surface area contributed by atoms with E-state index < -0.39 is 5.91 Å². The molecule has 0 aromatic heterocycles. The number of rotatable bonds is 2. The molecule has 0 aliphatic rings. The lowest BCUT2D eigenvalue weighted by atomic mass is 10.2. The quantitative estimate of drug-likeness (QED) is 0.336. The van der Waals surface area contributed by atoms with Crippen molar-refractivity contribution in [1.29, 1.82) is 0 Å². The summed E-state index contributed by atoms with van der Waals surface area (Å²) in [6.07, 6.45) is 2.56. The second kappa shape index (κ2) is 5.41.